The number of benzene rings is 1. The van der Waals surface area contributed by atoms with Gasteiger partial charge in [0.2, 0.25) is 0 Å². The fourth-order valence-corrected chi connectivity index (χ4v) is 3.48. The van der Waals surface area contributed by atoms with Crippen LogP contribution in [0.15, 0.2) is 35.5 Å². The van der Waals surface area contributed by atoms with Gasteiger partial charge in [0.1, 0.15) is 16.8 Å². The van der Waals surface area contributed by atoms with Crippen LogP contribution in [-0.4, -0.2) is 27.7 Å². The van der Waals surface area contributed by atoms with Crippen molar-refractivity contribution in [1.29, 1.82) is 0 Å². The average molecular weight is 418 g/mol. The lowest BCUT2D eigenvalue weighted by atomic mass is 10.2. The van der Waals surface area contributed by atoms with E-state index in [-0.39, 0.29) is 11.4 Å². The van der Waals surface area contributed by atoms with Crippen molar-refractivity contribution in [2.24, 2.45) is 7.05 Å². The normalized spacial score (nSPS) is 13.1. The molecule has 1 amide bonds. The van der Waals surface area contributed by atoms with Crippen LogP contribution in [0.25, 0.3) is 10.9 Å². The standard InChI is InChI=1S/C17H15F5N4OS/c1-8(17(20,21)22)25-28-16-13-10(5-6-23-13)14(26(16)2)15(27)24-9-3-4-11(18)12(19)7-9/h3-8,23,25H,1-2H3,(H,24,27). The van der Waals surface area contributed by atoms with E-state index in [2.05, 4.69) is 15.0 Å². The van der Waals surface area contributed by atoms with Gasteiger partial charge >= 0.3 is 6.18 Å². The number of halogens is 5. The molecule has 28 heavy (non-hydrogen) atoms. The third-order valence-corrected chi connectivity index (χ3v) is 5.21. The van der Waals surface area contributed by atoms with E-state index in [0.717, 1.165) is 31.0 Å². The lowest BCUT2D eigenvalue weighted by molar-refractivity contribution is -0.146. The number of carbonyl (C=O) groups excluding carboxylic acids is 1. The molecule has 0 bridgehead atoms. The summed E-state index contributed by atoms with van der Waals surface area (Å²) in [5.41, 5.74) is 0.682. The molecule has 3 aromatic rings. The lowest BCUT2D eigenvalue weighted by Crippen LogP contribution is -2.35. The maximum absolute atomic E-state index is 13.4. The van der Waals surface area contributed by atoms with Crippen molar-refractivity contribution < 1.29 is 26.7 Å². The van der Waals surface area contributed by atoms with E-state index < -0.39 is 29.8 Å². The van der Waals surface area contributed by atoms with Crippen LogP contribution in [0.1, 0.15) is 17.4 Å². The van der Waals surface area contributed by atoms with Crippen molar-refractivity contribution >= 4 is 34.4 Å². The van der Waals surface area contributed by atoms with E-state index in [0.29, 0.717) is 15.9 Å². The second-order valence-corrected chi connectivity index (χ2v) is 6.87. The van der Waals surface area contributed by atoms with Crippen molar-refractivity contribution in [3.63, 3.8) is 0 Å². The van der Waals surface area contributed by atoms with Gasteiger partial charge in [-0.2, -0.15) is 13.2 Å². The van der Waals surface area contributed by atoms with Gasteiger partial charge in [-0.1, -0.05) is 0 Å². The lowest BCUT2D eigenvalue weighted by Gasteiger charge is -2.16. The van der Waals surface area contributed by atoms with E-state index in [9.17, 15) is 26.7 Å². The fraction of sp³-hybridized carbons (Fsp3) is 0.235. The highest BCUT2D eigenvalue weighted by Crippen LogP contribution is 2.32. The van der Waals surface area contributed by atoms with Crippen molar-refractivity contribution in [3.8, 4) is 0 Å². The molecule has 0 spiro atoms. The molecule has 3 N–H and O–H groups in total. The summed E-state index contributed by atoms with van der Waals surface area (Å²) in [5, 5.41) is 3.31. The molecule has 0 aliphatic carbocycles. The number of rotatable bonds is 5. The number of nitrogens with one attached hydrogen (secondary N) is 3. The van der Waals surface area contributed by atoms with Crippen LogP contribution in [-0.2, 0) is 7.05 Å². The molecule has 0 saturated carbocycles. The van der Waals surface area contributed by atoms with E-state index >= 15 is 0 Å². The first kappa shape index (κ1) is 20.2. The summed E-state index contributed by atoms with van der Waals surface area (Å²) in [4.78, 5) is 15.6. The first-order chi connectivity index (χ1) is 13.1. The van der Waals surface area contributed by atoms with E-state index in [4.69, 9.17) is 0 Å². The van der Waals surface area contributed by atoms with Gasteiger partial charge in [0.25, 0.3) is 5.91 Å². The van der Waals surface area contributed by atoms with Crippen molar-refractivity contribution in [3.05, 3.63) is 47.8 Å². The molecule has 0 radical (unpaired) electrons. The molecular formula is C17H15F5N4OS. The van der Waals surface area contributed by atoms with Gasteiger partial charge in [-0.05, 0) is 37.1 Å². The topological polar surface area (TPSA) is 61.9 Å². The number of fused-ring (bicyclic) bond motifs is 1. The van der Waals surface area contributed by atoms with Crippen molar-refractivity contribution in [1.82, 2.24) is 14.3 Å². The van der Waals surface area contributed by atoms with Crippen LogP contribution < -0.4 is 10.0 Å². The molecule has 5 nitrogen and oxygen atoms in total. The number of nitrogens with zero attached hydrogens (tertiary/aromatic N) is 1. The van der Waals surface area contributed by atoms with Gasteiger partial charge in [-0.15, -0.1) is 0 Å². The minimum absolute atomic E-state index is 0.0480. The molecule has 0 saturated heterocycles. The van der Waals surface area contributed by atoms with Crippen LogP contribution in [0.5, 0.6) is 0 Å². The number of hydrogen-bond acceptors (Lipinski definition) is 3. The van der Waals surface area contributed by atoms with Crippen molar-refractivity contribution in [2.45, 2.75) is 24.2 Å². The Labute approximate surface area is 160 Å². The number of carbonyl (C=O) groups is 1. The van der Waals surface area contributed by atoms with Crippen molar-refractivity contribution in [2.75, 3.05) is 5.32 Å². The summed E-state index contributed by atoms with van der Waals surface area (Å²) in [6, 6.07) is 2.76. The Morgan fingerprint density at radius 1 is 1.21 bits per heavy atom. The maximum Gasteiger partial charge on any atom is 0.404 e. The van der Waals surface area contributed by atoms with E-state index in [1.165, 1.54) is 17.7 Å². The number of amides is 1. The predicted molar refractivity (Wildman–Crippen MR) is 96.1 cm³/mol. The molecule has 2 heterocycles. The van der Waals surface area contributed by atoms with Gasteiger partial charge in [-0.25, -0.2) is 13.5 Å². The van der Waals surface area contributed by atoms with Crippen LogP contribution in [0.3, 0.4) is 0 Å². The molecule has 0 aliphatic rings. The summed E-state index contributed by atoms with van der Waals surface area (Å²) in [6.07, 6.45) is -2.86. The zero-order valence-electron chi connectivity index (χ0n) is 14.6. The van der Waals surface area contributed by atoms with Gasteiger partial charge < -0.3 is 14.9 Å². The Bertz CT molecular complexity index is 1030. The van der Waals surface area contributed by atoms with Crippen LogP contribution >= 0.6 is 11.9 Å². The van der Waals surface area contributed by atoms with Crippen LogP contribution in [0, 0.1) is 11.6 Å². The summed E-state index contributed by atoms with van der Waals surface area (Å²) >= 11 is 0.737. The molecule has 0 aliphatic heterocycles. The Balaban J connectivity index is 1.89. The first-order valence-electron chi connectivity index (χ1n) is 8.01. The number of alkyl halides is 3. The van der Waals surface area contributed by atoms with Gasteiger partial charge in [0.05, 0.1) is 5.52 Å². The second kappa shape index (κ2) is 7.47. The highest BCUT2D eigenvalue weighted by atomic mass is 32.2. The Morgan fingerprint density at radius 2 is 1.93 bits per heavy atom. The van der Waals surface area contributed by atoms with Gasteiger partial charge in [0.15, 0.2) is 11.6 Å². The molecule has 11 heteroatoms. The smallest absolute Gasteiger partial charge is 0.359 e. The number of anilines is 1. The molecule has 1 aromatic carbocycles. The van der Waals surface area contributed by atoms with Crippen LogP contribution in [0.4, 0.5) is 27.6 Å². The number of hydrogen-bond donors (Lipinski definition) is 3. The highest BCUT2D eigenvalue weighted by molar-refractivity contribution is 7.97. The monoisotopic (exact) mass is 418 g/mol. The Kier molecular flexibility index (Phi) is 5.39. The Morgan fingerprint density at radius 3 is 2.57 bits per heavy atom. The molecule has 0 fully saturated rings. The summed E-state index contributed by atoms with van der Waals surface area (Å²) in [7, 11) is 1.52. The predicted octanol–water partition coefficient (Wildman–Crippen LogP) is 4.58. The average Bonchev–Trinajstić information content (AvgIpc) is 3.15. The fourth-order valence-electron chi connectivity index (χ4n) is 2.56. The van der Waals surface area contributed by atoms with E-state index in [1.54, 1.807) is 12.3 Å². The first-order valence-corrected chi connectivity index (χ1v) is 8.82. The minimum Gasteiger partial charge on any atom is -0.359 e. The summed E-state index contributed by atoms with van der Waals surface area (Å²) in [6.45, 7) is 0.985. The number of aromatic nitrogens is 2. The third kappa shape index (κ3) is 3.85. The number of aromatic amines is 1. The molecule has 150 valence electrons. The molecule has 1 atom stereocenters. The molecular weight excluding hydrogens is 403 g/mol. The largest absolute Gasteiger partial charge is 0.404 e. The molecule has 1 unspecified atom stereocenters. The zero-order chi connectivity index (χ0) is 20.6. The molecule has 3 rings (SSSR count). The van der Waals surface area contributed by atoms with Gasteiger partial charge in [-0.3, -0.25) is 4.79 Å². The third-order valence-electron chi connectivity index (χ3n) is 4.07. The Hall–Kier alpha value is -2.53. The summed E-state index contributed by atoms with van der Waals surface area (Å²) in [5.74, 6) is -2.78. The SMILES string of the molecule is CC(NSc1c2[nH]ccc2c(C(=O)Nc2ccc(F)c(F)c2)n1C)C(F)(F)F. The molecule has 2 aromatic heterocycles. The number of H-pyrrole nitrogens is 1. The second-order valence-electron chi connectivity index (χ2n) is 6.05. The maximum atomic E-state index is 13.4. The van der Waals surface area contributed by atoms with E-state index in [1.807, 2.05) is 0 Å². The highest BCUT2D eigenvalue weighted by Gasteiger charge is 2.36. The van der Waals surface area contributed by atoms with Crippen LogP contribution in [0.2, 0.25) is 0 Å². The zero-order valence-corrected chi connectivity index (χ0v) is 15.4. The summed E-state index contributed by atoms with van der Waals surface area (Å²) < 4.78 is 68.3. The quantitative estimate of drug-likeness (QED) is 0.420. The minimum atomic E-state index is -4.42. The van der Waals surface area contributed by atoms with Gasteiger partial charge in [0, 0.05) is 30.4 Å².